The number of hydrogen-bond acceptors (Lipinski definition) is 6. The number of methoxy groups -OCH3 is 1. The second-order valence-electron chi connectivity index (χ2n) is 9.44. The average Bonchev–Trinajstić information content (AvgIpc) is 3.34. The zero-order chi connectivity index (χ0) is 25.4. The first-order valence-corrected chi connectivity index (χ1v) is 12.4. The Kier molecular flexibility index (Phi) is 6.10. The number of imidazole rings is 2. The van der Waals surface area contributed by atoms with Crippen LogP contribution in [0.1, 0.15) is 42.3 Å². The van der Waals surface area contributed by atoms with Gasteiger partial charge < -0.3 is 23.8 Å². The number of rotatable bonds is 9. The molecule has 0 saturated heterocycles. The third-order valence-corrected chi connectivity index (χ3v) is 6.90. The fraction of sp³-hybridized carbons (Fsp3) is 0.276. The first-order valence-electron chi connectivity index (χ1n) is 12.4. The third-order valence-electron chi connectivity index (χ3n) is 6.90. The van der Waals surface area contributed by atoms with Crippen molar-refractivity contribution in [1.82, 2.24) is 24.5 Å². The topological polar surface area (TPSA) is 87.1 Å². The van der Waals surface area contributed by atoms with Crippen LogP contribution in [0.2, 0.25) is 0 Å². The Morgan fingerprint density at radius 2 is 1.89 bits per heavy atom. The van der Waals surface area contributed by atoms with Crippen LogP contribution in [0.15, 0.2) is 73.2 Å². The van der Waals surface area contributed by atoms with Gasteiger partial charge in [0.2, 0.25) is 0 Å². The second kappa shape index (κ2) is 9.71. The van der Waals surface area contributed by atoms with Crippen LogP contribution in [-0.2, 0) is 18.4 Å². The van der Waals surface area contributed by atoms with Crippen molar-refractivity contribution in [1.29, 1.82) is 0 Å². The van der Waals surface area contributed by atoms with E-state index in [9.17, 15) is 0 Å². The van der Waals surface area contributed by atoms with Gasteiger partial charge in [-0.05, 0) is 48.7 Å². The molecule has 5 aromatic rings. The Hall–Kier alpha value is -4.17. The van der Waals surface area contributed by atoms with Crippen LogP contribution in [0.25, 0.3) is 22.6 Å². The van der Waals surface area contributed by atoms with E-state index < -0.39 is 0 Å². The molecule has 0 bridgehead atoms. The lowest BCUT2D eigenvalue weighted by atomic mass is 10.1. The number of aromatic amines is 1. The molecule has 8 nitrogen and oxygen atoms in total. The standard InChI is InChI=1S/C29H29N5O3/c1-18(35-3)19-6-8-20(9-7-19)24-16-26(24)37-23-14-21(28-32-25-5-4-10-31-29(25)33-28)13-22(15-23)36-17-27-30-11-12-34(27)2/h4-15,18,24,26H,16-17H2,1-3H3,(H,31,32,33). The molecule has 2 aromatic carbocycles. The fourth-order valence-electron chi connectivity index (χ4n) is 4.50. The summed E-state index contributed by atoms with van der Waals surface area (Å²) in [7, 11) is 3.68. The van der Waals surface area contributed by atoms with Crippen molar-refractivity contribution >= 4 is 11.2 Å². The van der Waals surface area contributed by atoms with Gasteiger partial charge in [0, 0.05) is 50.3 Å². The number of nitrogens with one attached hydrogen (secondary N) is 1. The first kappa shape index (κ1) is 23.2. The molecule has 37 heavy (non-hydrogen) atoms. The summed E-state index contributed by atoms with van der Waals surface area (Å²) in [6.45, 7) is 2.41. The van der Waals surface area contributed by atoms with Gasteiger partial charge in [-0.2, -0.15) is 0 Å². The summed E-state index contributed by atoms with van der Waals surface area (Å²) in [6, 6.07) is 18.4. The summed E-state index contributed by atoms with van der Waals surface area (Å²) >= 11 is 0. The number of nitrogens with zero attached hydrogens (tertiary/aromatic N) is 4. The van der Waals surface area contributed by atoms with Crippen LogP contribution in [0.4, 0.5) is 0 Å². The van der Waals surface area contributed by atoms with Crippen molar-refractivity contribution in [2.75, 3.05) is 7.11 Å². The molecule has 6 rings (SSSR count). The molecule has 0 aliphatic heterocycles. The number of fused-ring (bicyclic) bond motifs is 1. The van der Waals surface area contributed by atoms with E-state index in [0.29, 0.717) is 18.3 Å². The van der Waals surface area contributed by atoms with Crippen LogP contribution < -0.4 is 9.47 Å². The van der Waals surface area contributed by atoms with Crippen LogP contribution in [0.3, 0.4) is 0 Å². The number of benzene rings is 2. The van der Waals surface area contributed by atoms with E-state index in [2.05, 4.69) is 46.1 Å². The molecule has 1 aliphatic rings. The second-order valence-corrected chi connectivity index (χ2v) is 9.44. The van der Waals surface area contributed by atoms with Crippen LogP contribution >= 0.6 is 0 Å². The van der Waals surface area contributed by atoms with E-state index in [-0.39, 0.29) is 12.2 Å². The molecule has 0 spiro atoms. The maximum Gasteiger partial charge on any atom is 0.157 e. The number of pyridine rings is 1. The minimum atomic E-state index is 0.0840. The molecule has 3 atom stereocenters. The Labute approximate surface area is 215 Å². The molecule has 1 saturated carbocycles. The highest BCUT2D eigenvalue weighted by atomic mass is 16.5. The monoisotopic (exact) mass is 495 g/mol. The van der Waals surface area contributed by atoms with Gasteiger partial charge in [-0.1, -0.05) is 24.3 Å². The Bertz CT molecular complexity index is 1490. The summed E-state index contributed by atoms with van der Waals surface area (Å²) in [5.41, 5.74) is 4.88. The van der Waals surface area contributed by atoms with Crippen LogP contribution in [0.5, 0.6) is 11.5 Å². The molecule has 1 aliphatic carbocycles. The number of aromatic nitrogens is 5. The van der Waals surface area contributed by atoms with E-state index in [4.69, 9.17) is 19.2 Å². The molecule has 3 heterocycles. The van der Waals surface area contributed by atoms with Crippen LogP contribution in [-0.4, -0.2) is 37.7 Å². The van der Waals surface area contributed by atoms with Crippen molar-refractivity contribution in [3.63, 3.8) is 0 Å². The van der Waals surface area contributed by atoms with E-state index in [1.807, 2.05) is 48.1 Å². The summed E-state index contributed by atoms with van der Waals surface area (Å²) in [4.78, 5) is 16.8. The van der Waals surface area contributed by atoms with Crippen molar-refractivity contribution in [3.8, 4) is 22.9 Å². The lowest BCUT2D eigenvalue weighted by molar-refractivity contribution is 0.119. The maximum absolute atomic E-state index is 6.45. The molecule has 3 aromatic heterocycles. The van der Waals surface area contributed by atoms with Crippen molar-refractivity contribution < 1.29 is 14.2 Å². The molecule has 188 valence electrons. The normalized spacial score (nSPS) is 17.6. The molecule has 1 fully saturated rings. The number of ether oxygens (including phenoxy) is 3. The highest BCUT2D eigenvalue weighted by Crippen LogP contribution is 2.45. The quantitative estimate of drug-likeness (QED) is 0.287. The third kappa shape index (κ3) is 4.93. The zero-order valence-corrected chi connectivity index (χ0v) is 21.1. The number of hydrogen-bond donors (Lipinski definition) is 1. The molecular weight excluding hydrogens is 466 g/mol. The van der Waals surface area contributed by atoms with Gasteiger partial charge in [0.05, 0.1) is 6.10 Å². The van der Waals surface area contributed by atoms with Gasteiger partial charge >= 0.3 is 0 Å². The van der Waals surface area contributed by atoms with Crippen molar-refractivity contribution in [2.24, 2.45) is 7.05 Å². The summed E-state index contributed by atoms with van der Waals surface area (Å²) in [5, 5.41) is 0. The zero-order valence-electron chi connectivity index (χ0n) is 21.1. The van der Waals surface area contributed by atoms with Gasteiger partial charge in [0.15, 0.2) is 5.65 Å². The van der Waals surface area contributed by atoms with Gasteiger partial charge in [-0.25, -0.2) is 15.0 Å². The summed E-state index contributed by atoms with van der Waals surface area (Å²) in [5.74, 6) is 3.37. The summed E-state index contributed by atoms with van der Waals surface area (Å²) in [6.07, 6.45) is 6.59. The minimum absolute atomic E-state index is 0.0840. The average molecular weight is 496 g/mol. The smallest absolute Gasteiger partial charge is 0.157 e. The SMILES string of the molecule is COC(C)c1ccc(C2CC2Oc2cc(OCc3nccn3C)cc(-c3nc4cccnc4[nH]3)c2)cc1. The number of aryl methyl sites for hydroxylation is 1. The highest BCUT2D eigenvalue weighted by molar-refractivity contribution is 5.76. The van der Waals surface area contributed by atoms with E-state index in [1.165, 1.54) is 11.1 Å². The van der Waals surface area contributed by atoms with E-state index in [1.54, 1.807) is 19.5 Å². The predicted molar refractivity (Wildman–Crippen MR) is 141 cm³/mol. The molecule has 0 radical (unpaired) electrons. The van der Waals surface area contributed by atoms with Crippen molar-refractivity contribution in [3.05, 3.63) is 90.1 Å². The first-order chi connectivity index (χ1) is 18.1. The Morgan fingerprint density at radius 3 is 2.65 bits per heavy atom. The molecule has 1 N–H and O–H groups in total. The molecule has 0 amide bonds. The van der Waals surface area contributed by atoms with Crippen molar-refractivity contribution in [2.45, 2.75) is 38.1 Å². The molecule has 3 unspecified atom stereocenters. The Morgan fingerprint density at radius 1 is 1.05 bits per heavy atom. The van der Waals surface area contributed by atoms with Gasteiger partial charge in [0.1, 0.15) is 41.4 Å². The van der Waals surface area contributed by atoms with Crippen LogP contribution in [0, 0.1) is 0 Å². The lowest BCUT2D eigenvalue weighted by Crippen LogP contribution is -2.04. The highest BCUT2D eigenvalue weighted by Gasteiger charge is 2.41. The van der Waals surface area contributed by atoms with Gasteiger partial charge in [-0.3, -0.25) is 0 Å². The van der Waals surface area contributed by atoms with Gasteiger partial charge in [0.25, 0.3) is 0 Å². The van der Waals surface area contributed by atoms with E-state index >= 15 is 0 Å². The van der Waals surface area contributed by atoms with Gasteiger partial charge in [-0.15, -0.1) is 0 Å². The fourth-order valence-corrected chi connectivity index (χ4v) is 4.50. The molecular formula is C29H29N5O3. The molecule has 8 heteroatoms. The maximum atomic E-state index is 6.45. The summed E-state index contributed by atoms with van der Waals surface area (Å²) < 4.78 is 20.0. The van der Waals surface area contributed by atoms with E-state index in [0.717, 1.165) is 40.5 Å². The lowest BCUT2D eigenvalue weighted by Gasteiger charge is -2.13. The Balaban J connectivity index is 1.24. The minimum Gasteiger partial charge on any atom is -0.490 e. The predicted octanol–water partition coefficient (Wildman–Crippen LogP) is 5.58. The largest absolute Gasteiger partial charge is 0.490 e. The number of H-pyrrole nitrogens is 1.